The van der Waals surface area contributed by atoms with Crippen molar-refractivity contribution in [1.82, 2.24) is 9.55 Å². The van der Waals surface area contributed by atoms with E-state index in [1.807, 2.05) is 0 Å². The van der Waals surface area contributed by atoms with Gasteiger partial charge in [0.25, 0.3) is 5.56 Å². The van der Waals surface area contributed by atoms with Crippen LogP contribution >= 0.6 is 0 Å². The maximum atomic E-state index is 13.8. The molecule has 2 aromatic carbocycles. The van der Waals surface area contributed by atoms with E-state index in [2.05, 4.69) is 16.9 Å². The number of carbonyl (C=O) groups is 1. The van der Waals surface area contributed by atoms with E-state index in [0.717, 1.165) is 0 Å². The van der Waals surface area contributed by atoms with E-state index < -0.39 is 0 Å². The number of aryl methyl sites for hydroxylation is 4. The predicted molar refractivity (Wildman–Crippen MR) is 124 cm³/mol. The predicted octanol–water partition coefficient (Wildman–Crippen LogP) is 5.17. The minimum atomic E-state index is -0.372. The Kier molecular flexibility index (Phi) is 5.59. The molecule has 0 aliphatic rings. The molecule has 4 aromatic rings. The summed E-state index contributed by atoms with van der Waals surface area (Å²) in [5, 5.41) is 2.73. The Labute approximate surface area is 189 Å². The van der Waals surface area contributed by atoms with E-state index in [1.54, 1.807) is 52.2 Å². The smallest absolute Gasteiger partial charge is 0.295 e. The van der Waals surface area contributed by atoms with Gasteiger partial charge in [0, 0.05) is 37.0 Å². The van der Waals surface area contributed by atoms with Gasteiger partial charge in [-0.1, -0.05) is 6.58 Å². The third-order valence-electron chi connectivity index (χ3n) is 5.19. The second kappa shape index (κ2) is 8.38. The molecule has 0 radical (unpaired) electrons. The van der Waals surface area contributed by atoms with Crippen LogP contribution in [0, 0.1) is 26.6 Å². The molecule has 0 unspecified atom stereocenters. The highest BCUT2D eigenvalue weighted by molar-refractivity contribution is 6.00. The molecule has 0 spiro atoms. The summed E-state index contributed by atoms with van der Waals surface area (Å²) in [4.78, 5) is 28.8. The van der Waals surface area contributed by atoms with E-state index in [4.69, 9.17) is 9.15 Å². The number of oxazole rings is 1. The molecule has 0 aliphatic heterocycles. The Bertz CT molecular complexity index is 1460. The molecule has 4 rings (SSSR count). The van der Waals surface area contributed by atoms with E-state index >= 15 is 0 Å². The maximum Gasteiger partial charge on any atom is 0.295 e. The molecule has 0 atom stereocenters. The van der Waals surface area contributed by atoms with Gasteiger partial charge in [-0.25, -0.2) is 9.37 Å². The minimum Gasteiger partial charge on any atom is -0.456 e. The van der Waals surface area contributed by atoms with Crippen LogP contribution < -0.4 is 15.6 Å². The summed E-state index contributed by atoms with van der Waals surface area (Å²) < 4.78 is 27.0. The number of nitrogens with one attached hydrogen (secondary N) is 1. The number of nitrogens with zero attached hydrogens (tertiary/aromatic N) is 2. The first-order valence-electron chi connectivity index (χ1n) is 10.2. The highest BCUT2D eigenvalue weighted by Gasteiger charge is 2.20. The first-order valence-corrected chi connectivity index (χ1v) is 10.2. The molecule has 0 aliphatic carbocycles. The average molecular weight is 447 g/mol. The Balaban J connectivity index is 1.96. The van der Waals surface area contributed by atoms with Gasteiger partial charge in [0.1, 0.15) is 22.8 Å². The molecule has 1 amide bonds. The largest absolute Gasteiger partial charge is 0.456 e. The minimum absolute atomic E-state index is 0.119. The van der Waals surface area contributed by atoms with Crippen LogP contribution in [0.2, 0.25) is 0 Å². The first-order chi connectivity index (χ1) is 15.7. The lowest BCUT2D eigenvalue weighted by Gasteiger charge is -2.17. The fraction of sp³-hybridized carbons (Fsp3) is 0.160. The zero-order valence-electron chi connectivity index (χ0n) is 18.7. The molecule has 168 valence electrons. The monoisotopic (exact) mass is 447 g/mol. The molecule has 0 saturated heterocycles. The van der Waals surface area contributed by atoms with Crippen LogP contribution in [0.15, 0.2) is 58.4 Å². The van der Waals surface area contributed by atoms with E-state index in [1.165, 1.54) is 22.8 Å². The lowest BCUT2D eigenvalue weighted by Crippen LogP contribution is -2.16. The van der Waals surface area contributed by atoms with Crippen LogP contribution in [0.5, 0.6) is 11.5 Å². The molecule has 7 nitrogen and oxygen atoms in total. The highest BCUT2D eigenvalue weighted by atomic mass is 19.1. The van der Waals surface area contributed by atoms with Gasteiger partial charge in [0.15, 0.2) is 5.89 Å². The molecule has 0 bridgehead atoms. The Morgan fingerprint density at radius 2 is 1.88 bits per heavy atom. The fourth-order valence-electron chi connectivity index (χ4n) is 3.69. The van der Waals surface area contributed by atoms with Crippen molar-refractivity contribution in [3.63, 3.8) is 0 Å². The molecule has 33 heavy (non-hydrogen) atoms. The Morgan fingerprint density at radius 3 is 2.55 bits per heavy atom. The molecule has 2 heterocycles. The summed E-state index contributed by atoms with van der Waals surface area (Å²) in [5.74, 6) is 0.571. The molecular weight excluding hydrogens is 425 g/mol. The third kappa shape index (κ3) is 4.15. The van der Waals surface area contributed by atoms with Gasteiger partial charge >= 0.3 is 0 Å². The highest BCUT2D eigenvalue weighted by Crippen LogP contribution is 2.40. The van der Waals surface area contributed by atoms with Crippen molar-refractivity contribution in [2.45, 2.75) is 20.8 Å². The van der Waals surface area contributed by atoms with Gasteiger partial charge in [-0.05, 0) is 61.4 Å². The summed E-state index contributed by atoms with van der Waals surface area (Å²) in [6, 6.07) is 7.88. The lowest BCUT2D eigenvalue weighted by atomic mass is 10.0. The van der Waals surface area contributed by atoms with Crippen LogP contribution in [-0.2, 0) is 11.8 Å². The van der Waals surface area contributed by atoms with Crippen LogP contribution in [-0.4, -0.2) is 15.5 Å². The van der Waals surface area contributed by atoms with Crippen molar-refractivity contribution in [2.75, 3.05) is 5.32 Å². The molecule has 8 heteroatoms. The number of pyridine rings is 1. The van der Waals surface area contributed by atoms with Gasteiger partial charge in [-0.2, -0.15) is 0 Å². The summed E-state index contributed by atoms with van der Waals surface area (Å²) in [6.07, 6.45) is 2.80. The molecule has 0 saturated carbocycles. The van der Waals surface area contributed by atoms with Crippen molar-refractivity contribution < 1.29 is 18.3 Å². The summed E-state index contributed by atoms with van der Waals surface area (Å²) >= 11 is 0. The normalized spacial score (nSPS) is 10.9. The van der Waals surface area contributed by atoms with E-state index in [-0.39, 0.29) is 22.9 Å². The van der Waals surface area contributed by atoms with Crippen LogP contribution in [0.4, 0.5) is 10.1 Å². The van der Waals surface area contributed by atoms with Crippen molar-refractivity contribution in [3.8, 4) is 22.6 Å². The van der Waals surface area contributed by atoms with Gasteiger partial charge in [-0.15, -0.1) is 0 Å². The van der Waals surface area contributed by atoms with Crippen LogP contribution in [0.25, 0.3) is 22.2 Å². The number of benzene rings is 2. The SMILES string of the molecule is C=CC(=O)Nc1ccc(Oc2c(C)cc(F)cc2C)c(-c2cn(C)c(=O)c3oc(C)nc23)c1. The summed E-state index contributed by atoms with van der Waals surface area (Å²) in [5.41, 5.74) is 3.07. The fourth-order valence-corrected chi connectivity index (χ4v) is 3.69. The Hall–Kier alpha value is -4.20. The maximum absolute atomic E-state index is 13.8. The molecule has 1 N–H and O–H groups in total. The first kappa shape index (κ1) is 22.0. The van der Waals surface area contributed by atoms with Crippen LogP contribution in [0.1, 0.15) is 17.0 Å². The number of rotatable bonds is 5. The number of hydrogen-bond acceptors (Lipinski definition) is 5. The number of halogens is 1. The van der Waals surface area contributed by atoms with E-state index in [9.17, 15) is 14.0 Å². The van der Waals surface area contributed by atoms with Gasteiger partial charge in [0.2, 0.25) is 11.5 Å². The number of aromatic nitrogens is 2. The van der Waals surface area contributed by atoms with Crippen molar-refractivity contribution in [3.05, 3.63) is 82.4 Å². The number of ether oxygens (including phenoxy) is 1. The lowest BCUT2D eigenvalue weighted by molar-refractivity contribution is -0.111. The molecule has 0 fully saturated rings. The van der Waals surface area contributed by atoms with Crippen molar-refractivity contribution >= 4 is 22.7 Å². The summed E-state index contributed by atoms with van der Waals surface area (Å²) in [7, 11) is 1.61. The molecular formula is C25H22FN3O4. The number of amides is 1. The second-order valence-electron chi connectivity index (χ2n) is 7.74. The number of carbonyl (C=O) groups excluding carboxylic acids is 1. The topological polar surface area (TPSA) is 86.4 Å². The average Bonchev–Trinajstić information content (AvgIpc) is 3.15. The quantitative estimate of drug-likeness (QED) is 0.426. The molecule has 2 aromatic heterocycles. The summed E-state index contributed by atoms with van der Waals surface area (Å²) in [6.45, 7) is 8.65. The second-order valence-corrected chi connectivity index (χ2v) is 7.74. The Morgan fingerprint density at radius 1 is 1.18 bits per heavy atom. The number of fused-ring (bicyclic) bond motifs is 1. The van der Waals surface area contributed by atoms with Crippen LogP contribution in [0.3, 0.4) is 0 Å². The third-order valence-corrected chi connectivity index (χ3v) is 5.19. The van der Waals surface area contributed by atoms with Crippen molar-refractivity contribution in [1.29, 1.82) is 0 Å². The zero-order valence-corrected chi connectivity index (χ0v) is 18.7. The standard InChI is InChI=1S/C25H22FN3O4/c1-6-21(30)28-17-7-8-20(33-23-13(2)9-16(26)10-14(23)3)18(11-17)19-12-29(5)25(31)24-22(19)27-15(4)32-24/h6-12H,1H2,2-5H3,(H,28,30). The zero-order chi connectivity index (χ0) is 23.9. The van der Waals surface area contributed by atoms with Crippen molar-refractivity contribution in [2.24, 2.45) is 7.05 Å². The van der Waals surface area contributed by atoms with Gasteiger partial charge in [-0.3, -0.25) is 9.59 Å². The number of hydrogen-bond donors (Lipinski definition) is 1. The van der Waals surface area contributed by atoms with Gasteiger partial charge in [0.05, 0.1) is 0 Å². The van der Waals surface area contributed by atoms with E-state index in [0.29, 0.717) is 50.8 Å². The number of anilines is 1. The van der Waals surface area contributed by atoms with Gasteiger partial charge < -0.3 is 19.0 Å².